The van der Waals surface area contributed by atoms with Gasteiger partial charge in [0.05, 0.1) is 17.9 Å². The van der Waals surface area contributed by atoms with Crippen molar-refractivity contribution in [3.05, 3.63) is 84.8 Å². The summed E-state index contributed by atoms with van der Waals surface area (Å²) >= 11 is 0. The maximum atomic E-state index is 13.0. The van der Waals surface area contributed by atoms with Crippen molar-refractivity contribution in [2.24, 2.45) is 0 Å². The van der Waals surface area contributed by atoms with Crippen molar-refractivity contribution in [3.63, 3.8) is 0 Å². The molecule has 0 unspecified atom stereocenters. The molecular formula is C22H13F3N6O2. The number of rotatable bonds is 4. The summed E-state index contributed by atoms with van der Waals surface area (Å²) in [4.78, 5) is 20.0. The smallest absolute Gasteiger partial charge is 0.351 e. The number of carbonyl (C=O) groups excluding carboxylic acids is 1. The van der Waals surface area contributed by atoms with Crippen LogP contribution in [0.4, 0.5) is 18.9 Å². The molecule has 1 N–H and O–H groups in total. The molecule has 1 amide bonds. The largest absolute Gasteiger partial charge is 0.433 e. The van der Waals surface area contributed by atoms with Gasteiger partial charge in [0.15, 0.2) is 5.82 Å². The van der Waals surface area contributed by atoms with Gasteiger partial charge in [0.2, 0.25) is 5.76 Å². The topological polar surface area (TPSA) is 98.7 Å². The Morgan fingerprint density at radius 2 is 1.79 bits per heavy atom. The van der Waals surface area contributed by atoms with Gasteiger partial charge >= 0.3 is 6.18 Å². The summed E-state index contributed by atoms with van der Waals surface area (Å²) in [6.45, 7) is 0. The van der Waals surface area contributed by atoms with Crippen molar-refractivity contribution in [2.75, 3.05) is 5.32 Å². The number of hydrogen-bond donors (Lipinski definition) is 1. The van der Waals surface area contributed by atoms with Crippen LogP contribution >= 0.6 is 0 Å². The minimum absolute atomic E-state index is 0.0970. The van der Waals surface area contributed by atoms with Gasteiger partial charge in [-0.25, -0.2) is 14.6 Å². The molecule has 4 heterocycles. The summed E-state index contributed by atoms with van der Waals surface area (Å²) in [5, 5.41) is 10.9. The summed E-state index contributed by atoms with van der Waals surface area (Å²) in [5.74, 6) is 0.0353. The van der Waals surface area contributed by atoms with E-state index in [0.717, 1.165) is 17.2 Å². The molecule has 0 atom stereocenters. The molecule has 33 heavy (non-hydrogen) atoms. The van der Waals surface area contributed by atoms with Crippen molar-refractivity contribution in [1.82, 2.24) is 24.9 Å². The number of pyridine rings is 2. The first-order chi connectivity index (χ1) is 15.9. The maximum Gasteiger partial charge on any atom is 0.433 e. The Labute approximate surface area is 183 Å². The third kappa shape index (κ3) is 4.03. The molecule has 164 valence electrons. The minimum Gasteiger partial charge on any atom is -0.351 e. The molecule has 5 aromatic rings. The van der Waals surface area contributed by atoms with E-state index in [1.54, 1.807) is 36.7 Å². The highest BCUT2D eigenvalue weighted by Crippen LogP contribution is 2.30. The van der Waals surface area contributed by atoms with Gasteiger partial charge in [-0.3, -0.25) is 4.79 Å². The van der Waals surface area contributed by atoms with E-state index in [4.69, 9.17) is 4.52 Å². The average molecular weight is 450 g/mol. The highest BCUT2D eigenvalue weighted by Gasteiger charge is 2.32. The van der Waals surface area contributed by atoms with Crippen molar-refractivity contribution < 1.29 is 22.5 Å². The van der Waals surface area contributed by atoms with E-state index in [-0.39, 0.29) is 11.3 Å². The Hall–Kier alpha value is -4.54. The van der Waals surface area contributed by atoms with E-state index in [1.807, 2.05) is 0 Å². The third-order valence-corrected chi connectivity index (χ3v) is 4.82. The van der Waals surface area contributed by atoms with E-state index < -0.39 is 17.8 Å². The lowest BCUT2D eigenvalue weighted by Gasteiger charge is -2.09. The van der Waals surface area contributed by atoms with Gasteiger partial charge in [-0.15, -0.1) is 0 Å². The predicted molar refractivity (Wildman–Crippen MR) is 112 cm³/mol. The molecule has 8 nitrogen and oxygen atoms in total. The molecule has 1 aromatic carbocycles. The number of benzene rings is 1. The quantitative estimate of drug-likeness (QED) is 0.425. The highest BCUT2D eigenvalue weighted by molar-refractivity contribution is 6.02. The van der Waals surface area contributed by atoms with Gasteiger partial charge < -0.3 is 9.84 Å². The molecule has 0 aliphatic rings. The van der Waals surface area contributed by atoms with Crippen LogP contribution in [-0.4, -0.2) is 30.8 Å². The summed E-state index contributed by atoms with van der Waals surface area (Å²) < 4.78 is 45.2. The van der Waals surface area contributed by atoms with E-state index in [0.29, 0.717) is 16.9 Å². The lowest BCUT2D eigenvalue weighted by molar-refractivity contribution is -0.140. The number of aromatic nitrogens is 5. The van der Waals surface area contributed by atoms with E-state index >= 15 is 0 Å². The van der Waals surface area contributed by atoms with Gasteiger partial charge in [-0.2, -0.15) is 18.3 Å². The molecule has 11 heteroatoms. The lowest BCUT2D eigenvalue weighted by Crippen LogP contribution is -2.10. The zero-order valence-electron chi connectivity index (χ0n) is 16.6. The number of amides is 1. The molecule has 0 bridgehead atoms. The Morgan fingerprint density at radius 1 is 0.970 bits per heavy atom. The number of carbonyl (C=O) groups is 1. The third-order valence-electron chi connectivity index (χ3n) is 4.82. The summed E-state index contributed by atoms with van der Waals surface area (Å²) in [5.41, 5.74) is 1.33. The monoisotopic (exact) mass is 450 g/mol. The number of hydrogen-bond acceptors (Lipinski definition) is 6. The molecule has 0 aliphatic carbocycles. The highest BCUT2D eigenvalue weighted by atomic mass is 19.4. The number of fused-ring (bicyclic) bond motifs is 1. The Bertz CT molecular complexity index is 1440. The second kappa shape index (κ2) is 7.86. The van der Waals surface area contributed by atoms with E-state index in [2.05, 4.69) is 25.5 Å². The fourth-order valence-corrected chi connectivity index (χ4v) is 3.24. The molecular weight excluding hydrogens is 437 g/mol. The van der Waals surface area contributed by atoms with Crippen molar-refractivity contribution in [3.8, 4) is 16.9 Å². The summed E-state index contributed by atoms with van der Waals surface area (Å²) in [7, 11) is 0. The lowest BCUT2D eigenvalue weighted by atomic mass is 10.1. The molecule has 5 rings (SSSR count). The first-order valence-corrected chi connectivity index (χ1v) is 9.59. The van der Waals surface area contributed by atoms with Crippen LogP contribution in [-0.2, 0) is 6.18 Å². The predicted octanol–water partition coefficient (Wildman–Crippen LogP) is 4.74. The number of alkyl halides is 3. The standard InChI is InChI=1S/C22H13F3N6O2/c23-22(24,25)19-6-5-16-17(30-19)7-9-26-20(16)31-12-14(11-27-31)13-1-3-15(4-2-13)29-21(32)18-8-10-28-33-18/h1-12H,(H,29,32). The molecule has 0 saturated heterocycles. The Morgan fingerprint density at radius 3 is 2.52 bits per heavy atom. The number of nitrogens with one attached hydrogen (secondary N) is 1. The van der Waals surface area contributed by atoms with E-state index in [9.17, 15) is 18.0 Å². The minimum atomic E-state index is -4.53. The second-order valence-electron chi connectivity index (χ2n) is 6.98. The number of anilines is 1. The fourth-order valence-electron chi connectivity index (χ4n) is 3.24. The normalized spacial score (nSPS) is 11.6. The van der Waals surface area contributed by atoms with Crippen LogP contribution in [0.3, 0.4) is 0 Å². The summed E-state index contributed by atoms with van der Waals surface area (Å²) in [6, 6.07) is 12.2. The van der Waals surface area contributed by atoms with E-state index in [1.165, 1.54) is 35.3 Å². The zero-order valence-corrected chi connectivity index (χ0v) is 16.6. The SMILES string of the molecule is O=C(Nc1ccc(-c2cnn(-c3nccc4nc(C(F)(F)F)ccc34)c2)cc1)c1ccno1. The first-order valence-electron chi connectivity index (χ1n) is 9.59. The maximum absolute atomic E-state index is 13.0. The van der Waals surface area contributed by atoms with Crippen LogP contribution in [0.15, 0.2) is 77.8 Å². The summed E-state index contributed by atoms with van der Waals surface area (Å²) in [6.07, 6.45) is 1.56. The van der Waals surface area contributed by atoms with Crippen LogP contribution in [0.1, 0.15) is 16.2 Å². The average Bonchev–Trinajstić information content (AvgIpc) is 3.51. The Balaban J connectivity index is 1.40. The van der Waals surface area contributed by atoms with Crippen LogP contribution in [0.25, 0.3) is 27.8 Å². The number of nitrogens with zero attached hydrogens (tertiary/aromatic N) is 5. The van der Waals surface area contributed by atoms with Gasteiger partial charge in [0.25, 0.3) is 5.91 Å². The first kappa shape index (κ1) is 20.4. The molecule has 0 saturated carbocycles. The molecule has 0 fully saturated rings. The van der Waals surface area contributed by atoms with Crippen LogP contribution in [0, 0.1) is 0 Å². The van der Waals surface area contributed by atoms with Crippen LogP contribution in [0.5, 0.6) is 0 Å². The second-order valence-corrected chi connectivity index (χ2v) is 6.98. The van der Waals surface area contributed by atoms with Crippen LogP contribution < -0.4 is 5.32 Å². The van der Waals surface area contributed by atoms with Gasteiger partial charge in [-0.1, -0.05) is 17.3 Å². The molecule has 0 aliphatic heterocycles. The van der Waals surface area contributed by atoms with Gasteiger partial charge in [0.1, 0.15) is 5.69 Å². The fraction of sp³-hybridized carbons (Fsp3) is 0.0455. The molecule has 4 aromatic heterocycles. The van der Waals surface area contributed by atoms with Crippen molar-refractivity contribution >= 4 is 22.5 Å². The zero-order chi connectivity index (χ0) is 23.0. The van der Waals surface area contributed by atoms with Crippen molar-refractivity contribution in [1.29, 1.82) is 0 Å². The molecule has 0 spiro atoms. The molecule has 0 radical (unpaired) electrons. The number of halogens is 3. The van der Waals surface area contributed by atoms with Gasteiger partial charge in [-0.05, 0) is 35.9 Å². The van der Waals surface area contributed by atoms with Crippen molar-refractivity contribution in [2.45, 2.75) is 6.18 Å². The van der Waals surface area contributed by atoms with Gasteiger partial charge in [0, 0.05) is 35.1 Å². The van der Waals surface area contributed by atoms with Crippen LogP contribution in [0.2, 0.25) is 0 Å². The Kier molecular flexibility index (Phi) is 4.85.